The second-order valence-corrected chi connectivity index (χ2v) is 7.13. The fourth-order valence-electron chi connectivity index (χ4n) is 2.25. The summed E-state index contributed by atoms with van der Waals surface area (Å²) >= 11 is 0. The van der Waals surface area contributed by atoms with Crippen molar-refractivity contribution in [3.8, 4) is 0 Å². The molecule has 0 aromatic heterocycles. The predicted molar refractivity (Wildman–Crippen MR) is 104 cm³/mol. The Labute approximate surface area is 162 Å². The Hall–Kier alpha value is -1.77. The summed E-state index contributed by atoms with van der Waals surface area (Å²) in [6, 6.07) is -0.598. The third kappa shape index (κ3) is 13.1. The first kappa shape index (κ1) is 25.2. The van der Waals surface area contributed by atoms with Crippen LogP contribution in [0.5, 0.6) is 0 Å². The number of Topliss-reactive ketones (excluding diaryl/α,β-unsaturated/α-hetero) is 1. The molecule has 27 heavy (non-hydrogen) atoms. The van der Waals surface area contributed by atoms with Crippen LogP contribution in [-0.4, -0.2) is 62.2 Å². The minimum atomic E-state index is -0.598. The quantitative estimate of drug-likeness (QED) is 0.282. The lowest BCUT2D eigenvalue weighted by atomic mass is 9.97. The fourth-order valence-corrected chi connectivity index (χ4v) is 2.25. The lowest BCUT2D eigenvalue weighted by Gasteiger charge is -2.26. The summed E-state index contributed by atoms with van der Waals surface area (Å²) in [7, 11) is 0. The summed E-state index contributed by atoms with van der Waals surface area (Å²) in [5.74, 6) is -0.571. The highest BCUT2D eigenvalue weighted by Crippen LogP contribution is 2.12. The van der Waals surface area contributed by atoms with E-state index in [9.17, 15) is 14.4 Å². The molecule has 0 fully saturated rings. The van der Waals surface area contributed by atoms with Gasteiger partial charge in [0.25, 0.3) is 0 Å². The molecule has 4 N–H and O–H groups in total. The molecule has 0 rings (SSSR count). The van der Waals surface area contributed by atoms with E-state index in [1.807, 2.05) is 13.8 Å². The van der Waals surface area contributed by atoms with E-state index < -0.39 is 11.6 Å². The smallest absolute Gasteiger partial charge is 0.222 e. The van der Waals surface area contributed by atoms with E-state index in [0.29, 0.717) is 45.0 Å². The van der Waals surface area contributed by atoms with E-state index in [1.54, 1.807) is 13.8 Å². The van der Waals surface area contributed by atoms with Crippen LogP contribution in [0.15, 0.2) is 12.2 Å². The maximum Gasteiger partial charge on any atom is 0.222 e. The summed E-state index contributed by atoms with van der Waals surface area (Å²) in [4.78, 5) is 35.7. The van der Waals surface area contributed by atoms with E-state index in [1.165, 1.54) is 0 Å². The molecule has 2 amide bonds. The van der Waals surface area contributed by atoms with Gasteiger partial charge in [0, 0.05) is 24.9 Å². The molecule has 0 saturated heterocycles. The van der Waals surface area contributed by atoms with Gasteiger partial charge in [-0.25, -0.2) is 0 Å². The monoisotopic (exact) mass is 385 g/mol. The molecular formula is C19H35N3O5. The van der Waals surface area contributed by atoms with Gasteiger partial charge in [0.1, 0.15) is 0 Å². The second-order valence-electron chi connectivity index (χ2n) is 7.13. The molecule has 0 aliphatic carbocycles. The van der Waals surface area contributed by atoms with Crippen molar-refractivity contribution in [3.05, 3.63) is 12.2 Å². The van der Waals surface area contributed by atoms with Crippen LogP contribution in [0.2, 0.25) is 0 Å². The van der Waals surface area contributed by atoms with Gasteiger partial charge in [0.2, 0.25) is 11.8 Å². The highest BCUT2D eigenvalue weighted by Gasteiger charge is 2.23. The van der Waals surface area contributed by atoms with Gasteiger partial charge in [-0.05, 0) is 39.7 Å². The largest absolute Gasteiger partial charge is 0.379 e. The van der Waals surface area contributed by atoms with Crippen LogP contribution in [0, 0.1) is 0 Å². The molecule has 1 unspecified atom stereocenters. The Balaban J connectivity index is 4.03. The number of carbonyl (C=O) groups is 3. The molecular weight excluding hydrogens is 350 g/mol. The van der Waals surface area contributed by atoms with Crippen LogP contribution in [-0.2, 0) is 23.9 Å². The normalized spacial score (nSPS) is 12.3. The van der Waals surface area contributed by atoms with Crippen LogP contribution < -0.4 is 16.4 Å². The third-order valence-corrected chi connectivity index (χ3v) is 3.75. The van der Waals surface area contributed by atoms with Crippen LogP contribution >= 0.6 is 0 Å². The van der Waals surface area contributed by atoms with Crippen LogP contribution in [0.1, 0.15) is 47.0 Å². The molecule has 0 radical (unpaired) electrons. The number of ether oxygens (including phenoxy) is 2. The third-order valence-electron chi connectivity index (χ3n) is 3.75. The Morgan fingerprint density at radius 1 is 1.04 bits per heavy atom. The van der Waals surface area contributed by atoms with Gasteiger partial charge in [0.15, 0.2) is 5.78 Å². The van der Waals surface area contributed by atoms with Gasteiger partial charge < -0.3 is 25.8 Å². The Kier molecular flexibility index (Phi) is 12.5. The SMILES string of the molecule is C=C(C)C(=O)C(C)NC(=O)CCC(C)(C)NC(=O)CCOCCOCCN. The van der Waals surface area contributed by atoms with Gasteiger partial charge in [-0.15, -0.1) is 0 Å². The highest BCUT2D eigenvalue weighted by atomic mass is 16.5. The number of ketones is 1. The van der Waals surface area contributed by atoms with Crippen molar-refractivity contribution in [1.82, 2.24) is 10.6 Å². The van der Waals surface area contributed by atoms with Crippen molar-refractivity contribution in [2.45, 2.75) is 58.5 Å². The molecule has 0 bridgehead atoms. The maximum atomic E-state index is 12.0. The number of nitrogens with one attached hydrogen (secondary N) is 2. The van der Waals surface area contributed by atoms with Crippen molar-refractivity contribution in [1.29, 1.82) is 0 Å². The molecule has 156 valence electrons. The zero-order chi connectivity index (χ0) is 20.9. The van der Waals surface area contributed by atoms with Gasteiger partial charge >= 0.3 is 0 Å². The fraction of sp³-hybridized carbons (Fsp3) is 0.737. The average molecular weight is 386 g/mol. The number of nitrogens with two attached hydrogens (primary N) is 1. The van der Waals surface area contributed by atoms with E-state index in [-0.39, 0.29) is 30.4 Å². The van der Waals surface area contributed by atoms with Crippen LogP contribution in [0.4, 0.5) is 0 Å². The average Bonchev–Trinajstić information content (AvgIpc) is 2.58. The first-order chi connectivity index (χ1) is 12.6. The number of carbonyl (C=O) groups excluding carboxylic acids is 3. The van der Waals surface area contributed by atoms with E-state index in [0.717, 1.165) is 0 Å². The van der Waals surface area contributed by atoms with E-state index in [2.05, 4.69) is 17.2 Å². The standard InChI is InChI=1S/C19H35N3O5/c1-14(2)18(25)15(3)21-16(23)6-8-19(4,5)22-17(24)7-10-26-12-13-27-11-9-20/h15H,1,6-13,20H2,2-5H3,(H,21,23)(H,22,24). The summed E-state index contributed by atoms with van der Waals surface area (Å²) in [5.41, 5.74) is 5.16. The number of hydrogen-bond donors (Lipinski definition) is 3. The van der Waals surface area contributed by atoms with Crippen LogP contribution in [0.3, 0.4) is 0 Å². The lowest BCUT2D eigenvalue weighted by molar-refractivity contribution is -0.127. The number of amides is 2. The molecule has 0 aliphatic rings. The number of rotatable bonds is 15. The van der Waals surface area contributed by atoms with Gasteiger partial charge in [-0.3, -0.25) is 14.4 Å². The minimum absolute atomic E-state index is 0.144. The second kappa shape index (κ2) is 13.4. The molecule has 0 aromatic carbocycles. The Morgan fingerprint density at radius 2 is 1.63 bits per heavy atom. The molecule has 1 atom stereocenters. The molecule has 0 saturated carbocycles. The predicted octanol–water partition coefficient (Wildman–Crippen LogP) is 0.693. The molecule has 8 nitrogen and oxygen atoms in total. The van der Waals surface area contributed by atoms with Gasteiger partial charge in [-0.2, -0.15) is 0 Å². The van der Waals surface area contributed by atoms with Crippen LogP contribution in [0.25, 0.3) is 0 Å². The van der Waals surface area contributed by atoms with Gasteiger partial charge in [-0.1, -0.05) is 6.58 Å². The number of hydrogen-bond acceptors (Lipinski definition) is 6. The lowest BCUT2D eigenvalue weighted by Crippen LogP contribution is -2.45. The zero-order valence-corrected chi connectivity index (χ0v) is 17.1. The Morgan fingerprint density at radius 3 is 2.19 bits per heavy atom. The summed E-state index contributed by atoms with van der Waals surface area (Å²) in [6.07, 6.45) is 0.888. The van der Waals surface area contributed by atoms with E-state index >= 15 is 0 Å². The van der Waals surface area contributed by atoms with Crippen molar-refractivity contribution in [2.24, 2.45) is 5.73 Å². The van der Waals surface area contributed by atoms with Crippen molar-refractivity contribution < 1.29 is 23.9 Å². The molecule has 0 aliphatic heterocycles. The molecule has 8 heteroatoms. The van der Waals surface area contributed by atoms with Crippen molar-refractivity contribution in [3.63, 3.8) is 0 Å². The van der Waals surface area contributed by atoms with Gasteiger partial charge in [0.05, 0.1) is 32.5 Å². The first-order valence-corrected chi connectivity index (χ1v) is 9.24. The summed E-state index contributed by atoms with van der Waals surface area (Å²) < 4.78 is 10.5. The van der Waals surface area contributed by atoms with Crippen molar-refractivity contribution >= 4 is 17.6 Å². The molecule has 0 aromatic rings. The summed E-state index contributed by atoms with van der Waals surface area (Å²) in [6.45, 7) is 12.6. The molecule has 0 spiro atoms. The van der Waals surface area contributed by atoms with E-state index in [4.69, 9.17) is 15.2 Å². The molecule has 0 heterocycles. The highest BCUT2D eigenvalue weighted by molar-refractivity contribution is 6.00. The minimum Gasteiger partial charge on any atom is -0.379 e. The topological polar surface area (TPSA) is 120 Å². The zero-order valence-electron chi connectivity index (χ0n) is 17.1. The maximum absolute atomic E-state index is 12.0. The first-order valence-electron chi connectivity index (χ1n) is 9.24. The summed E-state index contributed by atoms with van der Waals surface area (Å²) in [5, 5.41) is 5.54. The van der Waals surface area contributed by atoms with Crippen molar-refractivity contribution in [2.75, 3.05) is 33.0 Å². The Bertz CT molecular complexity index is 506.